The van der Waals surface area contributed by atoms with Gasteiger partial charge in [-0.1, -0.05) is 40.7 Å². The summed E-state index contributed by atoms with van der Waals surface area (Å²) in [5, 5.41) is 17.3. The van der Waals surface area contributed by atoms with Crippen LogP contribution in [0.3, 0.4) is 0 Å². The maximum atomic E-state index is 12.5. The van der Waals surface area contributed by atoms with E-state index in [2.05, 4.69) is 20.5 Å². The van der Waals surface area contributed by atoms with Gasteiger partial charge in [0.25, 0.3) is 5.56 Å². The predicted octanol–water partition coefficient (Wildman–Crippen LogP) is 1.83. The number of aryl methyl sites for hydroxylation is 1. The standard InChI is InChI=1S/C18H17N7O2S/c1-11-7-8-15(27-2)13(9-11)16-21-22-18(25(16)19)28-10-24-17(26)12-5-3-4-6-14(12)20-23-24/h3-9H,10,19H2,1-2H3. The lowest BCUT2D eigenvalue weighted by Crippen LogP contribution is -2.23. The molecule has 2 aromatic heterocycles. The summed E-state index contributed by atoms with van der Waals surface area (Å²) in [4.78, 5) is 12.5. The average molecular weight is 395 g/mol. The quantitative estimate of drug-likeness (QED) is 0.402. The first-order valence-electron chi connectivity index (χ1n) is 8.39. The Morgan fingerprint density at radius 1 is 1.14 bits per heavy atom. The molecule has 0 aliphatic heterocycles. The van der Waals surface area contributed by atoms with E-state index in [1.54, 1.807) is 25.3 Å². The Hall–Kier alpha value is -3.40. The second-order valence-corrected chi connectivity index (χ2v) is 6.98. The van der Waals surface area contributed by atoms with Crippen LogP contribution in [0.25, 0.3) is 22.3 Å². The first kappa shape index (κ1) is 18.0. The Labute approximate surface area is 164 Å². The van der Waals surface area contributed by atoms with Crippen molar-refractivity contribution in [2.24, 2.45) is 0 Å². The Morgan fingerprint density at radius 2 is 1.96 bits per heavy atom. The summed E-state index contributed by atoms with van der Waals surface area (Å²) >= 11 is 1.24. The average Bonchev–Trinajstić information content (AvgIpc) is 3.08. The lowest BCUT2D eigenvalue weighted by atomic mass is 10.1. The number of hydrogen-bond donors (Lipinski definition) is 1. The predicted molar refractivity (Wildman–Crippen MR) is 107 cm³/mol. The monoisotopic (exact) mass is 395 g/mol. The van der Waals surface area contributed by atoms with Gasteiger partial charge in [0.15, 0.2) is 5.82 Å². The highest BCUT2D eigenvalue weighted by Crippen LogP contribution is 2.30. The van der Waals surface area contributed by atoms with Crippen LogP contribution in [0.2, 0.25) is 0 Å². The van der Waals surface area contributed by atoms with E-state index in [1.807, 2.05) is 31.2 Å². The van der Waals surface area contributed by atoms with E-state index in [4.69, 9.17) is 10.6 Å². The van der Waals surface area contributed by atoms with Crippen molar-refractivity contribution in [1.82, 2.24) is 29.9 Å². The van der Waals surface area contributed by atoms with Crippen LogP contribution in [0, 0.1) is 6.92 Å². The Kier molecular flexibility index (Phi) is 4.70. The molecule has 0 spiro atoms. The topological polar surface area (TPSA) is 114 Å². The minimum Gasteiger partial charge on any atom is -0.496 e. The van der Waals surface area contributed by atoms with E-state index in [0.29, 0.717) is 27.6 Å². The minimum atomic E-state index is -0.221. The molecular weight excluding hydrogens is 378 g/mol. The van der Waals surface area contributed by atoms with Crippen LogP contribution < -0.4 is 16.1 Å². The van der Waals surface area contributed by atoms with Crippen LogP contribution in [-0.4, -0.2) is 37.0 Å². The molecule has 142 valence electrons. The van der Waals surface area contributed by atoms with Crippen LogP contribution >= 0.6 is 11.8 Å². The molecule has 0 aliphatic rings. The van der Waals surface area contributed by atoms with Gasteiger partial charge in [-0.05, 0) is 31.2 Å². The first-order valence-corrected chi connectivity index (χ1v) is 9.38. The molecule has 4 aromatic rings. The van der Waals surface area contributed by atoms with Crippen molar-refractivity contribution in [2.75, 3.05) is 13.0 Å². The van der Waals surface area contributed by atoms with Gasteiger partial charge >= 0.3 is 0 Å². The van der Waals surface area contributed by atoms with Gasteiger partial charge in [0.05, 0.1) is 23.9 Å². The van der Waals surface area contributed by atoms with E-state index in [0.717, 1.165) is 11.1 Å². The fourth-order valence-electron chi connectivity index (χ4n) is 2.78. The zero-order valence-electron chi connectivity index (χ0n) is 15.2. The van der Waals surface area contributed by atoms with Gasteiger partial charge in [-0.25, -0.2) is 4.68 Å². The zero-order chi connectivity index (χ0) is 19.7. The third kappa shape index (κ3) is 3.18. The number of thioether (sulfide) groups is 1. The molecule has 10 heteroatoms. The van der Waals surface area contributed by atoms with Crippen molar-refractivity contribution in [3.05, 3.63) is 58.4 Å². The van der Waals surface area contributed by atoms with Crippen molar-refractivity contribution in [2.45, 2.75) is 18.0 Å². The molecule has 0 amide bonds. The van der Waals surface area contributed by atoms with E-state index in [-0.39, 0.29) is 11.4 Å². The summed E-state index contributed by atoms with van der Waals surface area (Å²) in [5.74, 6) is 7.52. The van der Waals surface area contributed by atoms with Crippen molar-refractivity contribution in [1.29, 1.82) is 0 Å². The SMILES string of the molecule is COc1ccc(C)cc1-c1nnc(SCn2nnc3ccccc3c2=O)n1N. The number of hydrogen-bond acceptors (Lipinski definition) is 8. The molecule has 0 aliphatic carbocycles. The van der Waals surface area contributed by atoms with Gasteiger partial charge in [-0.2, -0.15) is 4.68 Å². The molecule has 0 fully saturated rings. The third-order valence-electron chi connectivity index (χ3n) is 4.21. The zero-order valence-corrected chi connectivity index (χ0v) is 16.1. The lowest BCUT2D eigenvalue weighted by Gasteiger charge is -2.09. The highest BCUT2D eigenvalue weighted by atomic mass is 32.2. The van der Waals surface area contributed by atoms with E-state index >= 15 is 0 Å². The van der Waals surface area contributed by atoms with Crippen molar-refractivity contribution < 1.29 is 4.74 Å². The number of nitrogens with zero attached hydrogens (tertiary/aromatic N) is 6. The lowest BCUT2D eigenvalue weighted by molar-refractivity contribution is 0.416. The van der Waals surface area contributed by atoms with Crippen LogP contribution in [0.4, 0.5) is 0 Å². The summed E-state index contributed by atoms with van der Waals surface area (Å²) in [5.41, 5.74) is 2.13. The second kappa shape index (κ2) is 7.31. The van der Waals surface area contributed by atoms with E-state index in [9.17, 15) is 4.79 Å². The number of nitrogens with two attached hydrogens (primary N) is 1. The summed E-state index contributed by atoms with van der Waals surface area (Å²) in [6.45, 7) is 1.97. The maximum absolute atomic E-state index is 12.5. The molecule has 0 unspecified atom stereocenters. The Morgan fingerprint density at radius 3 is 2.79 bits per heavy atom. The highest BCUT2D eigenvalue weighted by Gasteiger charge is 2.17. The first-order chi connectivity index (χ1) is 13.6. The minimum absolute atomic E-state index is 0.205. The van der Waals surface area contributed by atoms with Crippen LogP contribution in [0.15, 0.2) is 52.4 Å². The van der Waals surface area contributed by atoms with Crippen LogP contribution in [0.5, 0.6) is 5.75 Å². The van der Waals surface area contributed by atoms with Gasteiger partial charge in [-0.3, -0.25) is 4.79 Å². The largest absolute Gasteiger partial charge is 0.496 e. The number of aromatic nitrogens is 6. The van der Waals surface area contributed by atoms with E-state index < -0.39 is 0 Å². The van der Waals surface area contributed by atoms with Gasteiger partial charge in [0.1, 0.15) is 11.3 Å². The van der Waals surface area contributed by atoms with Gasteiger partial charge in [0, 0.05) is 0 Å². The Bertz CT molecular complexity index is 1220. The molecule has 0 bridgehead atoms. The number of benzene rings is 2. The summed E-state index contributed by atoms with van der Waals surface area (Å²) in [6, 6.07) is 12.8. The molecule has 2 N–H and O–H groups in total. The molecule has 0 saturated heterocycles. The van der Waals surface area contributed by atoms with Crippen molar-refractivity contribution in [3.63, 3.8) is 0 Å². The van der Waals surface area contributed by atoms with E-state index in [1.165, 1.54) is 21.1 Å². The number of rotatable bonds is 5. The number of nitrogen functional groups attached to an aromatic ring is 1. The molecule has 9 nitrogen and oxygen atoms in total. The molecule has 2 heterocycles. The number of ether oxygens (including phenoxy) is 1. The molecule has 0 atom stereocenters. The Balaban J connectivity index is 1.62. The number of methoxy groups -OCH3 is 1. The second-order valence-electron chi connectivity index (χ2n) is 6.06. The molecular formula is C18H17N7O2S. The third-order valence-corrected chi connectivity index (χ3v) is 5.12. The smallest absolute Gasteiger partial charge is 0.278 e. The van der Waals surface area contributed by atoms with Crippen LogP contribution in [0.1, 0.15) is 5.56 Å². The van der Waals surface area contributed by atoms with Crippen molar-refractivity contribution in [3.8, 4) is 17.1 Å². The molecule has 28 heavy (non-hydrogen) atoms. The number of fused-ring (bicyclic) bond motifs is 1. The van der Waals surface area contributed by atoms with Crippen LogP contribution in [-0.2, 0) is 5.88 Å². The fourth-order valence-corrected chi connectivity index (χ4v) is 3.51. The molecule has 4 rings (SSSR count). The summed E-state index contributed by atoms with van der Waals surface area (Å²) < 4.78 is 8.05. The summed E-state index contributed by atoms with van der Waals surface area (Å²) in [7, 11) is 1.59. The molecule has 0 saturated carbocycles. The van der Waals surface area contributed by atoms with Gasteiger partial charge in [-0.15, -0.1) is 15.3 Å². The fraction of sp³-hybridized carbons (Fsp3) is 0.167. The van der Waals surface area contributed by atoms with Gasteiger partial charge in [0.2, 0.25) is 5.16 Å². The highest BCUT2D eigenvalue weighted by molar-refractivity contribution is 7.98. The summed E-state index contributed by atoms with van der Waals surface area (Å²) in [6.07, 6.45) is 0. The van der Waals surface area contributed by atoms with Crippen molar-refractivity contribution >= 4 is 22.7 Å². The van der Waals surface area contributed by atoms with Gasteiger partial charge < -0.3 is 10.6 Å². The molecule has 2 aromatic carbocycles. The normalized spacial score (nSPS) is 11.1. The molecule has 0 radical (unpaired) electrons. The maximum Gasteiger partial charge on any atom is 0.278 e.